The zero-order valence-electron chi connectivity index (χ0n) is 9.19. The minimum Gasteiger partial charge on any atom is -0.445 e. The van der Waals surface area contributed by atoms with Gasteiger partial charge in [0.25, 0.3) is 0 Å². The molecule has 1 aliphatic rings. The number of carbonyl (C=O) groups excluding carboxylic acids is 1. The largest absolute Gasteiger partial charge is 0.445 e. The molecule has 0 saturated carbocycles. The minimum atomic E-state index is -3.79. The van der Waals surface area contributed by atoms with Crippen molar-refractivity contribution in [3.8, 4) is 0 Å². The molecule has 0 radical (unpaired) electrons. The molecule has 9 heteroatoms. The van der Waals surface area contributed by atoms with E-state index in [9.17, 15) is 9.36 Å². The first-order valence-corrected chi connectivity index (χ1v) is 7.56. The smallest absolute Gasteiger partial charge is 0.375 e. The minimum absolute atomic E-state index is 0.191. The SMILES string of the molecule is CC(=O)OC(C(Cl)(Cl)Cl)P1(=O)OCCC(C)O1. The van der Waals surface area contributed by atoms with Gasteiger partial charge in [0.1, 0.15) is 0 Å². The summed E-state index contributed by atoms with van der Waals surface area (Å²) in [6.07, 6.45) is 0.247. The van der Waals surface area contributed by atoms with Crippen molar-refractivity contribution < 1.29 is 23.1 Å². The Balaban J connectivity index is 2.96. The zero-order valence-corrected chi connectivity index (χ0v) is 12.4. The second kappa shape index (κ2) is 5.64. The fourth-order valence-electron chi connectivity index (χ4n) is 1.27. The molecule has 0 spiro atoms. The average molecular weight is 326 g/mol. The van der Waals surface area contributed by atoms with Crippen LogP contribution in [0.3, 0.4) is 0 Å². The maximum Gasteiger partial charge on any atom is 0.375 e. The average Bonchev–Trinajstić information content (AvgIpc) is 2.11. The summed E-state index contributed by atoms with van der Waals surface area (Å²) in [4.78, 5) is 10.9. The number of rotatable bonds is 2. The fraction of sp³-hybridized carbons (Fsp3) is 0.875. The monoisotopic (exact) mass is 324 g/mol. The summed E-state index contributed by atoms with van der Waals surface area (Å²) in [6, 6.07) is 0. The Hall–Kier alpha value is 0.490. The number of ether oxygens (including phenoxy) is 1. The number of halogens is 3. The molecular formula is C8H12Cl3O5P. The van der Waals surface area contributed by atoms with E-state index in [0.717, 1.165) is 6.92 Å². The molecular weight excluding hydrogens is 313 g/mol. The Morgan fingerprint density at radius 1 is 1.53 bits per heavy atom. The number of hydrogen-bond donors (Lipinski definition) is 0. The Bertz CT molecular complexity index is 343. The predicted octanol–water partition coefficient (Wildman–Crippen LogP) is 3.26. The lowest BCUT2D eigenvalue weighted by Gasteiger charge is -2.34. The van der Waals surface area contributed by atoms with Gasteiger partial charge in [0.05, 0.1) is 12.7 Å². The third-order valence-electron chi connectivity index (χ3n) is 1.97. The first kappa shape index (κ1) is 15.5. The molecule has 1 fully saturated rings. The molecule has 1 rings (SSSR count). The number of carbonyl (C=O) groups is 1. The van der Waals surface area contributed by atoms with Crippen LogP contribution in [0.2, 0.25) is 0 Å². The van der Waals surface area contributed by atoms with Crippen LogP contribution in [0, 0.1) is 0 Å². The van der Waals surface area contributed by atoms with E-state index in [-0.39, 0.29) is 12.7 Å². The van der Waals surface area contributed by atoms with Crippen molar-refractivity contribution in [2.24, 2.45) is 0 Å². The quantitative estimate of drug-likeness (QED) is 0.443. The molecule has 3 unspecified atom stereocenters. The van der Waals surface area contributed by atoms with Crippen LogP contribution in [0.25, 0.3) is 0 Å². The van der Waals surface area contributed by atoms with Gasteiger partial charge in [0.2, 0.25) is 9.64 Å². The summed E-state index contributed by atoms with van der Waals surface area (Å²) in [5.41, 5.74) is 0. The lowest BCUT2D eigenvalue weighted by molar-refractivity contribution is -0.144. The van der Waals surface area contributed by atoms with Gasteiger partial charge in [-0.25, -0.2) is 0 Å². The molecule has 0 N–H and O–H groups in total. The summed E-state index contributed by atoms with van der Waals surface area (Å²) >= 11 is 16.9. The second-order valence-corrected chi connectivity index (χ2v) is 7.97. The molecule has 100 valence electrons. The van der Waals surface area contributed by atoms with Gasteiger partial charge in [-0.3, -0.25) is 9.36 Å². The maximum atomic E-state index is 12.4. The van der Waals surface area contributed by atoms with E-state index in [1.807, 2.05) is 0 Å². The first-order chi connectivity index (χ1) is 7.65. The van der Waals surface area contributed by atoms with Crippen LogP contribution < -0.4 is 0 Å². The standard InChI is InChI=1S/C8H12Cl3O5P/c1-5-3-4-14-17(13,16-5)7(8(9,10)11)15-6(2)12/h5,7H,3-4H2,1-2H3. The van der Waals surface area contributed by atoms with Crippen molar-refractivity contribution in [1.29, 1.82) is 0 Å². The van der Waals surface area contributed by atoms with E-state index >= 15 is 0 Å². The van der Waals surface area contributed by atoms with Gasteiger partial charge < -0.3 is 13.8 Å². The van der Waals surface area contributed by atoms with Gasteiger partial charge in [-0.2, -0.15) is 0 Å². The van der Waals surface area contributed by atoms with E-state index in [1.54, 1.807) is 6.92 Å². The van der Waals surface area contributed by atoms with Gasteiger partial charge >= 0.3 is 13.6 Å². The van der Waals surface area contributed by atoms with Crippen LogP contribution in [-0.2, 0) is 23.1 Å². The Morgan fingerprint density at radius 3 is 2.53 bits per heavy atom. The summed E-state index contributed by atoms with van der Waals surface area (Å²) in [5.74, 6) is -2.30. The molecule has 17 heavy (non-hydrogen) atoms. The van der Waals surface area contributed by atoms with Crippen molar-refractivity contribution in [2.75, 3.05) is 6.61 Å². The molecule has 0 bridgehead atoms. The van der Waals surface area contributed by atoms with Crippen LogP contribution in [0.5, 0.6) is 0 Å². The third kappa shape index (κ3) is 4.27. The highest BCUT2D eigenvalue weighted by Gasteiger charge is 2.53. The van der Waals surface area contributed by atoms with Gasteiger partial charge in [-0.05, 0) is 13.3 Å². The van der Waals surface area contributed by atoms with E-state index in [2.05, 4.69) is 0 Å². The number of alkyl halides is 3. The lowest BCUT2D eigenvalue weighted by atomic mass is 10.3. The van der Waals surface area contributed by atoms with Crippen LogP contribution in [0.1, 0.15) is 20.3 Å². The highest BCUT2D eigenvalue weighted by atomic mass is 35.6. The molecule has 5 nitrogen and oxygen atoms in total. The van der Waals surface area contributed by atoms with Crippen molar-refractivity contribution in [1.82, 2.24) is 0 Å². The lowest BCUT2D eigenvalue weighted by Crippen LogP contribution is -2.35. The molecule has 1 aliphatic heterocycles. The van der Waals surface area contributed by atoms with Crippen molar-refractivity contribution in [3.05, 3.63) is 0 Å². The van der Waals surface area contributed by atoms with E-state index in [0.29, 0.717) is 6.42 Å². The Kier molecular flexibility index (Phi) is 5.16. The van der Waals surface area contributed by atoms with Crippen molar-refractivity contribution in [3.63, 3.8) is 0 Å². The normalized spacial score (nSPS) is 31.9. The number of hydrogen-bond acceptors (Lipinski definition) is 5. The second-order valence-electron chi connectivity index (χ2n) is 3.58. The first-order valence-electron chi connectivity index (χ1n) is 4.82. The van der Waals surface area contributed by atoms with Gasteiger partial charge in [-0.15, -0.1) is 0 Å². The molecule has 0 aromatic heterocycles. The maximum absolute atomic E-state index is 12.4. The summed E-state index contributed by atoms with van der Waals surface area (Å²) in [5, 5.41) is 0. The molecule has 0 aliphatic carbocycles. The molecule has 0 aromatic carbocycles. The van der Waals surface area contributed by atoms with Crippen molar-refractivity contribution in [2.45, 2.75) is 36.0 Å². The molecule has 1 heterocycles. The predicted molar refractivity (Wildman–Crippen MR) is 64.6 cm³/mol. The van der Waals surface area contributed by atoms with Gasteiger partial charge in [-0.1, -0.05) is 34.8 Å². The highest BCUT2D eigenvalue weighted by molar-refractivity contribution is 7.55. The molecule has 3 atom stereocenters. The van der Waals surface area contributed by atoms with Crippen LogP contribution in [-0.4, -0.2) is 28.3 Å². The molecule has 0 aromatic rings. The summed E-state index contributed by atoms with van der Waals surface area (Å²) in [6.45, 7) is 3.01. The van der Waals surface area contributed by atoms with Crippen LogP contribution in [0.15, 0.2) is 0 Å². The summed E-state index contributed by atoms with van der Waals surface area (Å²) < 4.78 is 25.2. The molecule has 0 amide bonds. The van der Waals surface area contributed by atoms with Gasteiger partial charge in [0.15, 0.2) is 0 Å². The van der Waals surface area contributed by atoms with Crippen LogP contribution >= 0.6 is 42.4 Å². The van der Waals surface area contributed by atoms with E-state index in [4.69, 9.17) is 48.6 Å². The van der Waals surface area contributed by atoms with Gasteiger partial charge in [0, 0.05) is 6.92 Å². The van der Waals surface area contributed by atoms with E-state index < -0.39 is 23.2 Å². The summed E-state index contributed by atoms with van der Waals surface area (Å²) in [7, 11) is -3.79. The van der Waals surface area contributed by atoms with Crippen LogP contribution in [0.4, 0.5) is 0 Å². The number of esters is 1. The third-order valence-corrected chi connectivity index (χ3v) is 5.28. The topological polar surface area (TPSA) is 61.8 Å². The fourth-order valence-corrected chi connectivity index (χ4v) is 4.39. The highest BCUT2D eigenvalue weighted by Crippen LogP contribution is 2.62. The zero-order chi connectivity index (χ0) is 13.3. The van der Waals surface area contributed by atoms with Crippen molar-refractivity contribution >= 4 is 48.4 Å². The molecule has 1 saturated heterocycles. The Morgan fingerprint density at radius 2 is 2.12 bits per heavy atom. The van der Waals surface area contributed by atoms with E-state index in [1.165, 1.54) is 0 Å². The Labute approximate surface area is 114 Å².